The van der Waals surface area contributed by atoms with Gasteiger partial charge in [0.15, 0.2) is 6.10 Å². The van der Waals surface area contributed by atoms with Crippen LogP contribution >= 0.6 is 0 Å². The Balaban J connectivity index is 0.000000200. The molecule has 1 heterocycles. The summed E-state index contributed by atoms with van der Waals surface area (Å²) in [5, 5.41) is 8.33. The molecule has 7 nitrogen and oxygen atoms in total. The van der Waals surface area contributed by atoms with Crippen LogP contribution in [0.15, 0.2) is 29.2 Å². The van der Waals surface area contributed by atoms with E-state index in [0.717, 1.165) is 5.56 Å². The second-order valence-corrected chi connectivity index (χ2v) is 5.19. The van der Waals surface area contributed by atoms with Crippen molar-refractivity contribution in [2.24, 2.45) is 0 Å². The van der Waals surface area contributed by atoms with Crippen LogP contribution in [0.4, 0.5) is 4.79 Å². The zero-order valence-corrected chi connectivity index (χ0v) is 11.0. The number of hydrogen-bond acceptors (Lipinski definition) is 6. The number of aryl methyl sites for hydroxylation is 1. The van der Waals surface area contributed by atoms with Gasteiger partial charge in [0.2, 0.25) is 0 Å². The standard InChI is InChI=1S/C7H8O3S.C4H6O4/c1-6-2-4-7(5-3-6)11(8,9)10;5-1-3-2-7-4(6)8-3/h2-5H,1H3,(H,8,9,10);3,5H,1-2H2. The van der Waals surface area contributed by atoms with Gasteiger partial charge in [-0.2, -0.15) is 8.42 Å². The van der Waals surface area contributed by atoms with Crippen molar-refractivity contribution in [1.29, 1.82) is 0 Å². The van der Waals surface area contributed by atoms with Gasteiger partial charge in [0.25, 0.3) is 10.1 Å². The fraction of sp³-hybridized carbons (Fsp3) is 0.364. The molecule has 0 amide bonds. The maximum Gasteiger partial charge on any atom is 0.508 e. The molecule has 106 valence electrons. The van der Waals surface area contributed by atoms with E-state index in [-0.39, 0.29) is 18.1 Å². The number of carbonyl (C=O) groups excluding carboxylic acids is 1. The number of cyclic esters (lactones) is 2. The number of carbonyl (C=O) groups is 1. The Labute approximate surface area is 110 Å². The molecule has 1 aliphatic heterocycles. The van der Waals surface area contributed by atoms with E-state index < -0.39 is 22.4 Å². The monoisotopic (exact) mass is 290 g/mol. The van der Waals surface area contributed by atoms with Crippen LogP contribution in [0.5, 0.6) is 0 Å². The summed E-state index contributed by atoms with van der Waals surface area (Å²) in [6.07, 6.45) is -1.13. The van der Waals surface area contributed by atoms with Gasteiger partial charge >= 0.3 is 6.16 Å². The molecule has 1 aromatic carbocycles. The van der Waals surface area contributed by atoms with Crippen molar-refractivity contribution in [3.05, 3.63) is 29.8 Å². The molecule has 0 aromatic heterocycles. The van der Waals surface area contributed by atoms with Gasteiger partial charge in [-0.05, 0) is 19.1 Å². The minimum atomic E-state index is -4.02. The molecule has 19 heavy (non-hydrogen) atoms. The summed E-state index contributed by atoms with van der Waals surface area (Å²) in [5.74, 6) is 0. The van der Waals surface area contributed by atoms with E-state index in [4.69, 9.17) is 9.66 Å². The Bertz CT molecular complexity index is 520. The summed E-state index contributed by atoms with van der Waals surface area (Å²) in [4.78, 5) is 9.99. The zero-order valence-electron chi connectivity index (χ0n) is 10.1. The molecule has 1 fully saturated rings. The van der Waals surface area contributed by atoms with Gasteiger partial charge in [0.05, 0.1) is 11.5 Å². The lowest BCUT2D eigenvalue weighted by Gasteiger charge is -1.96. The predicted molar refractivity (Wildman–Crippen MR) is 64.3 cm³/mol. The first-order valence-corrected chi connectivity index (χ1v) is 6.75. The van der Waals surface area contributed by atoms with Crippen molar-refractivity contribution in [3.63, 3.8) is 0 Å². The molecule has 1 unspecified atom stereocenters. The third kappa shape index (κ3) is 5.25. The summed E-state index contributed by atoms with van der Waals surface area (Å²) >= 11 is 0. The molecule has 0 aliphatic carbocycles. The molecule has 1 saturated heterocycles. The van der Waals surface area contributed by atoms with Crippen LogP contribution < -0.4 is 0 Å². The molecule has 2 rings (SSSR count). The van der Waals surface area contributed by atoms with Crippen LogP contribution in [0.25, 0.3) is 0 Å². The Hall–Kier alpha value is -1.64. The molecule has 1 aliphatic rings. The summed E-state index contributed by atoms with van der Waals surface area (Å²) in [6, 6.07) is 5.99. The lowest BCUT2D eigenvalue weighted by atomic mass is 10.2. The number of rotatable bonds is 2. The van der Waals surface area contributed by atoms with Gasteiger partial charge in [-0.3, -0.25) is 4.55 Å². The highest BCUT2D eigenvalue weighted by Gasteiger charge is 2.23. The molecular formula is C11H14O7S. The Morgan fingerprint density at radius 1 is 1.32 bits per heavy atom. The fourth-order valence-corrected chi connectivity index (χ4v) is 1.65. The van der Waals surface area contributed by atoms with Crippen molar-refractivity contribution in [2.45, 2.75) is 17.9 Å². The van der Waals surface area contributed by atoms with E-state index in [1.807, 2.05) is 6.92 Å². The van der Waals surface area contributed by atoms with E-state index in [1.54, 1.807) is 12.1 Å². The van der Waals surface area contributed by atoms with Crippen LogP contribution in [0.1, 0.15) is 5.56 Å². The maximum absolute atomic E-state index is 10.5. The van der Waals surface area contributed by atoms with Crippen LogP contribution in [0.3, 0.4) is 0 Å². The van der Waals surface area contributed by atoms with Gasteiger partial charge in [-0.1, -0.05) is 17.7 Å². The van der Waals surface area contributed by atoms with Gasteiger partial charge in [-0.15, -0.1) is 0 Å². The first-order chi connectivity index (χ1) is 8.82. The summed E-state index contributed by atoms with van der Waals surface area (Å²) in [6.45, 7) is 1.86. The molecule has 0 saturated carbocycles. The van der Waals surface area contributed by atoms with E-state index >= 15 is 0 Å². The van der Waals surface area contributed by atoms with E-state index in [2.05, 4.69) is 9.47 Å². The predicted octanol–water partition coefficient (Wildman–Crippen LogP) is 0.756. The Morgan fingerprint density at radius 2 is 1.89 bits per heavy atom. The summed E-state index contributed by atoms with van der Waals surface area (Å²) in [5.41, 5.74) is 0.956. The minimum Gasteiger partial charge on any atom is -0.430 e. The average Bonchev–Trinajstić information content (AvgIpc) is 2.75. The van der Waals surface area contributed by atoms with Crippen LogP contribution in [-0.4, -0.2) is 43.6 Å². The molecule has 0 spiro atoms. The number of aliphatic hydroxyl groups is 1. The molecule has 0 bridgehead atoms. The third-order valence-corrected chi connectivity index (χ3v) is 3.04. The molecule has 0 radical (unpaired) electrons. The highest BCUT2D eigenvalue weighted by Crippen LogP contribution is 2.08. The fourth-order valence-electron chi connectivity index (χ4n) is 1.17. The largest absolute Gasteiger partial charge is 0.508 e. The molecular weight excluding hydrogens is 276 g/mol. The number of ether oxygens (including phenoxy) is 2. The van der Waals surface area contributed by atoms with Crippen molar-refractivity contribution in [3.8, 4) is 0 Å². The highest BCUT2D eigenvalue weighted by molar-refractivity contribution is 7.85. The first kappa shape index (κ1) is 15.4. The second kappa shape index (κ2) is 6.50. The molecule has 1 atom stereocenters. The lowest BCUT2D eigenvalue weighted by molar-refractivity contribution is 0.0919. The van der Waals surface area contributed by atoms with Crippen molar-refractivity contribution >= 4 is 16.3 Å². The van der Waals surface area contributed by atoms with Gasteiger partial charge in [0.1, 0.15) is 6.61 Å². The van der Waals surface area contributed by atoms with E-state index in [0.29, 0.717) is 0 Å². The van der Waals surface area contributed by atoms with Crippen LogP contribution in [-0.2, 0) is 19.6 Å². The van der Waals surface area contributed by atoms with E-state index in [9.17, 15) is 13.2 Å². The first-order valence-electron chi connectivity index (χ1n) is 5.31. The van der Waals surface area contributed by atoms with Crippen molar-refractivity contribution < 1.29 is 32.3 Å². The zero-order chi connectivity index (χ0) is 14.5. The highest BCUT2D eigenvalue weighted by atomic mass is 32.2. The molecule has 2 N–H and O–H groups in total. The number of hydrogen-bond donors (Lipinski definition) is 2. The number of benzene rings is 1. The lowest BCUT2D eigenvalue weighted by Crippen LogP contribution is -2.14. The van der Waals surface area contributed by atoms with Gasteiger partial charge in [0, 0.05) is 0 Å². The van der Waals surface area contributed by atoms with Crippen molar-refractivity contribution in [2.75, 3.05) is 13.2 Å². The molecule has 1 aromatic rings. The van der Waals surface area contributed by atoms with Gasteiger partial charge in [-0.25, -0.2) is 4.79 Å². The van der Waals surface area contributed by atoms with Gasteiger partial charge < -0.3 is 14.6 Å². The minimum absolute atomic E-state index is 0.0666. The number of aliphatic hydroxyl groups excluding tert-OH is 1. The normalized spacial score (nSPS) is 18.1. The summed E-state index contributed by atoms with van der Waals surface area (Å²) in [7, 11) is -4.02. The van der Waals surface area contributed by atoms with Crippen LogP contribution in [0, 0.1) is 6.92 Å². The van der Waals surface area contributed by atoms with Crippen LogP contribution in [0.2, 0.25) is 0 Å². The van der Waals surface area contributed by atoms with E-state index in [1.165, 1.54) is 12.1 Å². The Kier molecular flexibility index (Phi) is 5.28. The molecule has 8 heteroatoms. The smallest absolute Gasteiger partial charge is 0.430 e. The quantitative estimate of drug-likeness (QED) is 0.611. The topological polar surface area (TPSA) is 110 Å². The second-order valence-electron chi connectivity index (χ2n) is 3.77. The third-order valence-electron chi connectivity index (χ3n) is 2.17. The average molecular weight is 290 g/mol. The maximum atomic E-state index is 10.5. The van der Waals surface area contributed by atoms with Crippen molar-refractivity contribution in [1.82, 2.24) is 0 Å². The summed E-state index contributed by atoms with van der Waals surface area (Å²) < 4.78 is 38.3. The Morgan fingerprint density at radius 3 is 2.21 bits per heavy atom. The SMILES string of the molecule is Cc1ccc(S(=O)(=O)O)cc1.O=C1OCC(CO)O1.